The number of methoxy groups -OCH3 is 1. The van der Waals surface area contributed by atoms with Crippen molar-refractivity contribution >= 4 is 38.2 Å². The zero-order chi connectivity index (χ0) is 22.2. The Kier molecular flexibility index (Phi) is 5.77. The maximum Gasteiger partial charge on any atom is 0.247 e. The quantitative estimate of drug-likeness (QED) is 0.510. The Morgan fingerprint density at radius 1 is 1.13 bits per heavy atom. The van der Waals surface area contributed by atoms with Crippen molar-refractivity contribution in [2.24, 2.45) is 5.10 Å². The summed E-state index contributed by atoms with van der Waals surface area (Å²) < 4.78 is 36.9. The molecule has 1 aliphatic rings. The average Bonchev–Trinajstić information content (AvgIpc) is 3.19. The fourth-order valence-corrected chi connectivity index (χ4v) is 4.79. The third-order valence-electron chi connectivity index (χ3n) is 5.07. The van der Waals surface area contributed by atoms with E-state index in [1.807, 2.05) is 55.5 Å². The third kappa shape index (κ3) is 4.31. The summed E-state index contributed by atoms with van der Waals surface area (Å²) in [5, 5.41) is 5.49. The summed E-state index contributed by atoms with van der Waals surface area (Å²) in [5.74, 6) is 1.43. The van der Waals surface area contributed by atoms with Gasteiger partial charge in [-0.25, -0.2) is 13.4 Å². The molecule has 1 aromatic heterocycles. The summed E-state index contributed by atoms with van der Waals surface area (Å²) in [6, 6.07) is 14.2. The highest BCUT2D eigenvalue weighted by Gasteiger charge is 2.36. The molecule has 1 aliphatic heterocycles. The van der Waals surface area contributed by atoms with Crippen LogP contribution in [0.5, 0.6) is 11.5 Å². The largest absolute Gasteiger partial charge is 0.497 e. The highest BCUT2D eigenvalue weighted by Crippen LogP contribution is 2.39. The number of hydrazone groups is 1. The normalized spacial score (nSPS) is 16.5. The highest BCUT2D eigenvalue weighted by molar-refractivity contribution is 7.88. The number of hydrogen-bond acceptors (Lipinski definition) is 6. The molecule has 0 spiro atoms. The number of nitrogens with zero attached hydrogens (tertiary/aromatic N) is 3. The van der Waals surface area contributed by atoms with Crippen LogP contribution in [-0.2, 0) is 10.0 Å². The summed E-state index contributed by atoms with van der Waals surface area (Å²) in [5.41, 5.74) is 2.77. The van der Waals surface area contributed by atoms with Crippen LogP contribution in [0.2, 0.25) is 5.15 Å². The van der Waals surface area contributed by atoms with E-state index in [0.717, 1.165) is 21.6 Å². The molecule has 0 bridgehead atoms. The fraction of sp³-hybridized carbons (Fsp3) is 0.273. The van der Waals surface area contributed by atoms with Crippen molar-refractivity contribution in [1.82, 2.24) is 9.40 Å². The molecular formula is C22H22ClN3O4S. The molecule has 2 aromatic carbocycles. The van der Waals surface area contributed by atoms with E-state index < -0.39 is 16.1 Å². The predicted molar refractivity (Wildman–Crippen MR) is 121 cm³/mol. The van der Waals surface area contributed by atoms with Gasteiger partial charge in [-0.1, -0.05) is 11.6 Å². The number of benzene rings is 2. The van der Waals surface area contributed by atoms with Crippen LogP contribution in [0.15, 0.2) is 53.6 Å². The first-order valence-corrected chi connectivity index (χ1v) is 12.0. The lowest BCUT2D eigenvalue weighted by atomic mass is 9.99. The maximum absolute atomic E-state index is 12.5. The SMILES string of the molecule is CCOc1ccc2nc(Cl)c([C@@H]3CC(c4ccc(OC)cc4)=NN3S(C)(=O)=O)cc2c1. The molecule has 1 atom stereocenters. The molecule has 9 heteroatoms. The molecule has 7 nitrogen and oxygen atoms in total. The summed E-state index contributed by atoms with van der Waals surface area (Å²) in [4.78, 5) is 4.48. The van der Waals surface area contributed by atoms with Gasteiger partial charge in [0.15, 0.2) is 0 Å². The van der Waals surface area contributed by atoms with Crippen LogP contribution < -0.4 is 9.47 Å². The van der Waals surface area contributed by atoms with Gasteiger partial charge in [0, 0.05) is 17.4 Å². The van der Waals surface area contributed by atoms with Crippen LogP contribution in [0.4, 0.5) is 0 Å². The number of fused-ring (bicyclic) bond motifs is 1. The molecule has 0 aliphatic carbocycles. The molecule has 3 aromatic rings. The molecule has 2 heterocycles. The Morgan fingerprint density at radius 2 is 1.84 bits per heavy atom. The van der Waals surface area contributed by atoms with Gasteiger partial charge in [-0.15, -0.1) is 0 Å². The second-order valence-corrected chi connectivity index (χ2v) is 9.38. The highest BCUT2D eigenvalue weighted by atomic mass is 35.5. The summed E-state index contributed by atoms with van der Waals surface area (Å²) in [6.45, 7) is 2.46. The third-order valence-corrected chi connectivity index (χ3v) is 6.39. The molecule has 162 valence electrons. The van der Waals surface area contributed by atoms with E-state index in [4.69, 9.17) is 21.1 Å². The average molecular weight is 460 g/mol. The van der Waals surface area contributed by atoms with Crippen LogP contribution in [-0.4, -0.2) is 43.5 Å². The van der Waals surface area contributed by atoms with Crippen LogP contribution >= 0.6 is 11.6 Å². The van der Waals surface area contributed by atoms with Gasteiger partial charge in [-0.3, -0.25) is 0 Å². The van der Waals surface area contributed by atoms with Crippen molar-refractivity contribution in [3.8, 4) is 11.5 Å². The molecule has 31 heavy (non-hydrogen) atoms. The predicted octanol–water partition coefficient (Wildman–Crippen LogP) is 4.41. The van der Waals surface area contributed by atoms with E-state index in [-0.39, 0.29) is 5.15 Å². The number of rotatable bonds is 6. The Labute approximate surface area is 186 Å². The number of hydrogen-bond donors (Lipinski definition) is 0. The number of aromatic nitrogens is 1. The van der Waals surface area contributed by atoms with E-state index in [2.05, 4.69) is 10.1 Å². The van der Waals surface area contributed by atoms with E-state index in [1.54, 1.807) is 7.11 Å². The van der Waals surface area contributed by atoms with Gasteiger partial charge in [0.05, 0.1) is 37.2 Å². The van der Waals surface area contributed by atoms with E-state index in [0.29, 0.717) is 41.3 Å². The molecular weight excluding hydrogens is 438 g/mol. The molecule has 0 saturated carbocycles. The second-order valence-electron chi connectivity index (χ2n) is 7.19. The van der Waals surface area contributed by atoms with Crippen molar-refractivity contribution in [2.45, 2.75) is 19.4 Å². The fourth-order valence-electron chi connectivity index (χ4n) is 3.62. The first-order chi connectivity index (χ1) is 14.8. The lowest BCUT2D eigenvalue weighted by Gasteiger charge is -2.22. The Morgan fingerprint density at radius 3 is 2.48 bits per heavy atom. The van der Waals surface area contributed by atoms with Crippen LogP contribution in [0.25, 0.3) is 10.9 Å². The maximum atomic E-state index is 12.5. The molecule has 0 amide bonds. The first-order valence-electron chi connectivity index (χ1n) is 9.74. The zero-order valence-electron chi connectivity index (χ0n) is 17.4. The van der Waals surface area contributed by atoms with Gasteiger partial charge >= 0.3 is 0 Å². The molecule has 0 N–H and O–H groups in total. The van der Waals surface area contributed by atoms with Gasteiger partial charge in [-0.2, -0.15) is 9.52 Å². The Balaban J connectivity index is 1.76. The van der Waals surface area contributed by atoms with Crippen molar-refractivity contribution in [3.05, 3.63) is 64.8 Å². The molecule has 4 rings (SSSR count). The second kappa shape index (κ2) is 8.36. The van der Waals surface area contributed by atoms with Crippen molar-refractivity contribution in [2.75, 3.05) is 20.0 Å². The summed E-state index contributed by atoms with van der Waals surface area (Å²) in [7, 11) is -2.04. The standard InChI is InChI=1S/C22H22ClN3O4S/c1-4-30-17-9-10-19-15(11-17)12-18(22(23)24-19)21-13-20(25-26(21)31(3,27)28)14-5-7-16(29-2)8-6-14/h5-12,21H,4,13H2,1-3H3/t21-/m0/s1. The van der Waals surface area contributed by atoms with Gasteiger partial charge in [-0.05, 0) is 61.0 Å². The van der Waals surface area contributed by atoms with Crippen molar-refractivity contribution in [1.29, 1.82) is 0 Å². The molecule has 0 saturated heterocycles. The van der Waals surface area contributed by atoms with Crippen molar-refractivity contribution in [3.63, 3.8) is 0 Å². The van der Waals surface area contributed by atoms with Gasteiger partial charge in [0.2, 0.25) is 10.0 Å². The first kappa shape index (κ1) is 21.4. The zero-order valence-corrected chi connectivity index (χ0v) is 18.9. The van der Waals surface area contributed by atoms with Crippen molar-refractivity contribution < 1.29 is 17.9 Å². The topological polar surface area (TPSA) is 81.1 Å². The van der Waals surface area contributed by atoms with Crippen LogP contribution in [0.1, 0.15) is 30.5 Å². The van der Waals surface area contributed by atoms with Crippen LogP contribution in [0.3, 0.4) is 0 Å². The Hall–Kier alpha value is -2.84. The minimum atomic E-state index is -3.63. The van der Waals surface area contributed by atoms with E-state index >= 15 is 0 Å². The summed E-state index contributed by atoms with van der Waals surface area (Å²) >= 11 is 6.50. The minimum absolute atomic E-state index is 0.251. The van der Waals surface area contributed by atoms with Gasteiger partial charge in [0.1, 0.15) is 16.7 Å². The smallest absolute Gasteiger partial charge is 0.247 e. The minimum Gasteiger partial charge on any atom is -0.497 e. The molecule has 0 radical (unpaired) electrons. The monoisotopic (exact) mass is 459 g/mol. The van der Waals surface area contributed by atoms with Crippen LogP contribution in [0, 0.1) is 0 Å². The van der Waals surface area contributed by atoms with Gasteiger partial charge in [0.25, 0.3) is 0 Å². The lowest BCUT2D eigenvalue weighted by Crippen LogP contribution is -2.26. The molecule has 0 unspecified atom stereocenters. The van der Waals surface area contributed by atoms with E-state index in [1.165, 1.54) is 0 Å². The number of ether oxygens (including phenoxy) is 2. The molecule has 0 fully saturated rings. The number of halogens is 1. The number of sulfonamides is 1. The van der Waals surface area contributed by atoms with E-state index in [9.17, 15) is 8.42 Å². The lowest BCUT2D eigenvalue weighted by molar-refractivity contribution is 0.340. The van der Waals surface area contributed by atoms with Gasteiger partial charge < -0.3 is 9.47 Å². The number of pyridine rings is 1. The Bertz CT molecular complexity index is 1260. The summed E-state index contributed by atoms with van der Waals surface area (Å²) in [6.07, 6.45) is 1.51.